The van der Waals surface area contributed by atoms with E-state index in [1.54, 1.807) is 11.1 Å². The lowest BCUT2D eigenvalue weighted by Gasteiger charge is -2.36. The van der Waals surface area contributed by atoms with Gasteiger partial charge in [-0.15, -0.1) is 0 Å². The van der Waals surface area contributed by atoms with Crippen LogP contribution in [0.4, 0.5) is 5.69 Å². The van der Waals surface area contributed by atoms with Crippen molar-refractivity contribution in [3.8, 4) is 0 Å². The van der Waals surface area contributed by atoms with Crippen LogP contribution in [0.25, 0.3) is 10.9 Å². The molecule has 0 aliphatic carbocycles. The Bertz CT molecular complexity index is 978. The minimum Gasteiger partial charge on any atom is -0.368 e. The van der Waals surface area contributed by atoms with Crippen LogP contribution in [0.15, 0.2) is 47.9 Å². The van der Waals surface area contributed by atoms with E-state index in [2.05, 4.69) is 30.9 Å². The number of piperazine rings is 1. The Balaban J connectivity index is 1.47. The molecule has 1 fully saturated rings. The molecule has 0 atom stereocenters. The van der Waals surface area contributed by atoms with Gasteiger partial charge in [-0.2, -0.15) is 0 Å². The van der Waals surface area contributed by atoms with Gasteiger partial charge in [0.15, 0.2) is 0 Å². The number of nitrogens with zero attached hydrogens (tertiary/aromatic N) is 5. The van der Waals surface area contributed by atoms with Crippen molar-refractivity contribution < 1.29 is 4.79 Å². The van der Waals surface area contributed by atoms with Crippen molar-refractivity contribution in [2.45, 2.75) is 0 Å². The number of anilines is 1. The Morgan fingerprint density at radius 1 is 1.08 bits per heavy atom. The van der Waals surface area contributed by atoms with Crippen LogP contribution in [-0.4, -0.2) is 56.9 Å². The summed E-state index contributed by atoms with van der Waals surface area (Å²) in [6.07, 6.45) is 4.59. The van der Waals surface area contributed by atoms with Gasteiger partial charge in [-0.25, -0.2) is 15.0 Å². The summed E-state index contributed by atoms with van der Waals surface area (Å²) in [5.41, 5.74) is 1.85. The Morgan fingerprint density at radius 3 is 2.72 bits per heavy atom. The summed E-state index contributed by atoms with van der Waals surface area (Å²) in [5.74, 6) is -0.210. The Hall–Kier alpha value is -3.29. The average molecular weight is 336 g/mol. The third-order valence-corrected chi connectivity index (χ3v) is 4.32. The van der Waals surface area contributed by atoms with Gasteiger partial charge in [-0.3, -0.25) is 9.59 Å². The molecular formula is C17H16N6O2. The van der Waals surface area contributed by atoms with E-state index in [0.29, 0.717) is 26.2 Å². The minimum atomic E-state index is -0.324. The zero-order valence-corrected chi connectivity index (χ0v) is 13.4. The number of hydrogen-bond donors (Lipinski definition) is 1. The quantitative estimate of drug-likeness (QED) is 0.739. The van der Waals surface area contributed by atoms with Crippen LogP contribution < -0.4 is 10.5 Å². The van der Waals surface area contributed by atoms with Crippen molar-refractivity contribution in [3.63, 3.8) is 0 Å². The molecule has 1 saturated heterocycles. The molecule has 1 N–H and O–H groups in total. The van der Waals surface area contributed by atoms with Crippen LogP contribution in [-0.2, 0) is 0 Å². The maximum absolute atomic E-state index is 12.4. The summed E-state index contributed by atoms with van der Waals surface area (Å²) >= 11 is 0. The first kappa shape index (κ1) is 15.3. The van der Waals surface area contributed by atoms with Crippen LogP contribution in [0.2, 0.25) is 0 Å². The molecule has 0 unspecified atom stereocenters. The highest BCUT2D eigenvalue weighted by Gasteiger charge is 2.23. The van der Waals surface area contributed by atoms with E-state index in [0.717, 1.165) is 16.6 Å². The first-order valence-corrected chi connectivity index (χ1v) is 7.99. The van der Waals surface area contributed by atoms with Gasteiger partial charge in [0.25, 0.3) is 11.5 Å². The fraction of sp³-hybridized carbons (Fsp3) is 0.235. The molecule has 8 heteroatoms. The molecule has 3 heterocycles. The van der Waals surface area contributed by atoms with Gasteiger partial charge in [0, 0.05) is 49.5 Å². The summed E-state index contributed by atoms with van der Waals surface area (Å²) in [5, 5.41) is 0.992. The second-order valence-electron chi connectivity index (χ2n) is 5.84. The Morgan fingerprint density at radius 2 is 1.92 bits per heavy atom. The summed E-state index contributed by atoms with van der Waals surface area (Å²) in [4.78, 5) is 42.4. The maximum Gasteiger partial charge on any atom is 0.272 e. The van der Waals surface area contributed by atoms with E-state index in [1.165, 1.54) is 18.7 Å². The van der Waals surface area contributed by atoms with E-state index < -0.39 is 0 Å². The second kappa shape index (κ2) is 6.31. The van der Waals surface area contributed by atoms with Crippen molar-refractivity contribution >= 4 is 22.5 Å². The smallest absolute Gasteiger partial charge is 0.272 e. The molecule has 25 heavy (non-hydrogen) atoms. The van der Waals surface area contributed by atoms with E-state index >= 15 is 0 Å². The lowest BCUT2D eigenvalue weighted by molar-refractivity contribution is 0.0740. The maximum atomic E-state index is 12.4. The molecule has 1 aliphatic rings. The van der Waals surface area contributed by atoms with Gasteiger partial charge < -0.3 is 14.8 Å². The molecule has 8 nitrogen and oxygen atoms in total. The standard InChI is InChI=1S/C17H16N6O2/c24-16-8-15(20-11-21-16)17(25)23-5-3-22(4-6-23)13-1-2-14-12(7-13)9-18-10-19-14/h1-2,7-11H,3-6H2,(H,20,21,24). The number of benzene rings is 1. The topological polar surface area (TPSA) is 95.1 Å². The SMILES string of the molecule is O=C(c1cc(=O)[nH]cn1)N1CCN(c2ccc3ncncc3c2)CC1. The van der Waals surface area contributed by atoms with Crippen LogP contribution >= 0.6 is 0 Å². The molecule has 1 aromatic carbocycles. The molecule has 0 bridgehead atoms. The van der Waals surface area contributed by atoms with E-state index in [-0.39, 0.29) is 17.2 Å². The summed E-state index contributed by atoms with van der Waals surface area (Å²) in [6.45, 7) is 2.59. The van der Waals surface area contributed by atoms with Crippen LogP contribution in [0.5, 0.6) is 0 Å². The van der Waals surface area contributed by atoms with Crippen LogP contribution in [0.3, 0.4) is 0 Å². The van der Waals surface area contributed by atoms with E-state index in [4.69, 9.17) is 0 Å². The van der Waals surface area contributed by atoms with Gasteiger partial charge in [-0.1, -0.05) is 0 Å². The van der Waals surface area contributed by atoms with Gasteiger partial charge >= 0.3 is 0 Å². The van der Waals surface area contributed by atoms with Crippen LogP contribution in [0, 0.1) is 0 Å². The number of aromatic amines is 1. The highest BCUT2D eigenvalue weighted by atomic mass is 16.2. The fourth-order valence-electron chi connectivity index (χ4n) is 2.98. The summed E-state index contributed by atoms with van der Waals surface area (Å²) in [6, 6.07) is 7.30. The van der Waals surface area contributed by atoms with Crippen molar-refractivity contribution in [2.24, 2.45) is 0 Å². The Labute approximate surface area is 143 Å². The molecule has 1 aliphatic heterocycles. The van der Waals surface area contributed by atoms with E-state index in [1.807, 2.05) is 12.1 Å². The first-order valence-electron chi connectivity index (χ1n) is 7.99. The zero-order chi connectivity index (χ0) is 17.2. The molecule has 3 aromatic rings. The van der Waals surface area contributed by atoms with Gasteiger partial charge in [0.1, 0.15) is 12.0 Å². The number of carbonyl (C=O) groups is 1. The molecular weight excluding hydrogens is 320 g/mol. The van der Waals surface area contributed by atoms with Crippen molar-refractivity contribution in [1.29, 1.82) is 0 Å². The van der Waals surface area contributed by atoms with Crippen LogP contribution in [0.1, 0.15) is 10.5 Å². The third-order valence-electron chi connectivity index (χ3n) is 4.32. The molecule has 0 radical (unpaired) electrons. The predicted octanol–water partition coefficient (Wildman–Crippen LogP) is 0.675. The number of amides is 1. The van der Waals surface area contributed by atoms with E-state index in [9.17, 15) is 9.59 Å². The number of aromatic nitrogens is 4. The normalized spacial score (nSPS) is 14.7. The predicted molar refractivity (Wildman–Crippen MR) is 92.5 cm³/mol. The molecule has 2 aromatic heterocycles. The largest absolute Gasteiger partial charge is 0.368 e. The lowest BCUT2D eigenvalue weighted by Crippen LogP contribution is -2.49. The van der Waals surface area contributed by atoms with Gasteiger partial charge in [0.05, 0.1) is 11.8 Å². The van der Waals surface area contributed by atoms with Crippen molar-refractivity contribution in [3.05, 3.63) is 59.2 Å². The molecule has 4 rings (SSSR count). The van der Waals surface area contributed by atoms with Crippen molar-refractivity contribution in [2.75, 3.05) is 31.1 Å². The van der Waals surface area contributed by atoms with Gasteiger partial charge in [-0.05, 0) is 18.2 Å². The number of carbonyl (C=O) groups excluding carboxylic acids is 1. The number of fused-ring (bicyclic) bond motifs is 1. The second-order valence-corrected chi connectivity index (χ2v) is 5.84. The zero-order valence-electron chi connectivity index (χ0n) is 13.4. The molecule has 0 spiro atoms. The summed E-state index contributed by atoms with van der Waals surface area (Å²) in [7, 11) is 0. The minimum absolute atomic E-state index is 0.181. The Kier molecular flexibility index (Phi) is 3.85. The molecule has 126 valence electrons. The van der Waals surface area contributed by atoms with Gasteiger partial charge in [0.2, 0.25) is 0 Å². The highest BCUT2D eigenvalue weighted by Crippen LogP contribution is 2.21. The van der Waals surface area contributed by atoms with Crippen molar-refractivity contribution in [1.82, 2.24) is 24.8 Å². The molecule has 1 amide bonds. The number of rotatable bonds is 2. The lowest BCUT2D eigenvalue weighted by atomic mass is 10.2. The monoisotopic (exact) mass is 336 g/mol. The number of hydrogen-bond acceptors (Lipinski definition) is 6. The summed E-state index contributed by atoms with van der Waals surface area (Å²) < 4.78 is 0. The number of nitrogens with one attached hydrogen (secondary N) is 1. The number of H-pyrrole nitrogens is 1. The molecule has 0 saturated carbocycles. The first-order chi connectivity index (χ1) is 12.2. The average Bonchev–Trinajstić information content (AvgIpc) is 2.67. The fourth-order valence-corrected chi connectivity index (χ4v) is 2.98. The third kappa shape index (κ3) is 3.06. The highest BCUT2D eigenvalue weighted by molar-refractivity contribution is 5.92.